The van der Waals surface area contributed by atoms with E-state index < -0.39 is 4.92 Å². The predicted octanol–water partition coefficient (Wildman–Crippen LogP) is 3.15. The Labute approximate surface area is 184 Å². The topological polar surface area (TPSA) is 107 Å². The average molecular weight is 434 g/mol. The number of amides is 2. The molecule has 1 saturated heterocycles. The molecule has 2 aromatic rings. The molecule has 5 rings (SSSR count). The Morgan fingerprint density at radius 2 is 1.78 bits per heavy atom. The lowest BCUT2D eigenvalue weighted by molar-refractivity contribution is -0.384. The van der Waals surface area contributed by atoms with Crippen LogP contribution >= 0.6 is 0 Å². The van der Waals surface area contributed by atoms with Crippen molar-refractivity contribution in [3.8, 4) is 11.4 Å². The van der Waals surface area contributed by atoms with Crippen LogP contribution in [0, 0.1) is 47.6 Å². The number of carbonyl (C=O) groups is 2. The number of benzene rings is 1. The quantitative estimate of drug-likeness (QED) is 0.236. The molecule has 1 aliphatic heterocycles. The number of fused-ring (bicyclic) bond motifs is 5. The summed E-state index contributed by atoms with van der Waals surface area (Å²) < 4.78 is 7.28. The van der Waals surface area contributed by atoms with E-state index in [1.165, 1.54) is 25.5 Å². The first-order chi connectivity index (χ1) is 15.3. The van der Waals surface area contributed by atoms with Gasteiger partial charge in [-0.2, -0.15) is 10.1 Å². The Morgan fingerprint density at radius 1 is 1.12 bits per heavy atom. The molecule has 2 fully saturated rings. The molecule has 2 bridgehead atoms. The Bertz CT molecular complexity index is 1200. The van der Waals surface area contributed by atoms with E-state index in [1.807, 2.05) is 24.5 Å². The highest BCUT2D eigenvalue weighted by Gasteiger charge is 2.59. The van der Waals surface area contributed by atoms with Gasteiger partial charge in [-0.3, -0.25) is 19.7 Å². The van der Waals surface area contributed by atoms with Crippen LogP contribution in [0.3, 0.4) is 0 Å². The van der Waals surface area contributed by atoms with Crippen LogP contribution in [0.4, 0.5) is 5.69 Å². The number of methoxy groups -OCH3 is 1. The van der Waals surface area contributed by atoms with Gasteiger partial charge < -0.3 is 9.30 Å². The molecule has 3 aliphatic rings. The van der Waals surface area contributed by atoms with E-state index in [2.05, 4.69) is 17.3 Å². The van der Waals surface area contributed by atoms with E-state index in [0.717, 1.165) is 28.4 Å². The highest BCUT2D eigenvalue weighted by Crippen LogP contribution is 2.52. The van der Waals surface area contributed by atoms with E-state index in [-0.39, 0.29) is 41.2 Å². The molecule has 1 aromatic carbocycles. The Balaban J connectivity index is 1.46. The van der Waals surface area contributed by atoms with Crippen molar-refractivity contribution in [1.82, 2.24) is 9.58 Å². The molecule has 1 saturated carbocycles. The van der Waals surface area contributed by atoms with Crippen molar-refractivity contribution < 1.29 is 19.2 Å². The lowest BCUT2D eigenvalue weighted by Gasteiger charge is -2.14. The number of aryl methyl sites for hydroxylation is 1. The van der Waals surface area contributed by atoms with E-state index in [4.69, 9.17) is 4.74 Å². The number of nitrogens with zero attached hydrogens (tertiary/aromatic N) is 4. The largest absolute Gasteiger partial charge is 0.494 e. The summed E-state index contributed by atoms with van der Waals surface area (Å²) in [5.41, 5.74) is 2.99. The summed E-state index contributed by atoms with van der Waals surface area (Å²) in [4.78, 5) is 36.3. The fraction of sp³-hybridized carbons (Fsp3) is 0.348. The first kappa shape index (κ1) is 20.2. The number of hydrogen-bond donors (Lipinski definition) is 0. The van der Waals surface area contributed by atoms with E-state index in [1.54, 1.807) is 6.07 Å². The van der Waals surface area contributed by atoms with Crippen molar-refractivity contribution in [2.24, 2.45) is 28.8 Å². The minimum atomic E-state index is -0.471. The van der Waals surface area contributed by atoms with Crippen molar-refractivity contribution >= 4 is 23.7 Å². The van der Waals surface area contributed by atoms with Crippen LogP contribution in [0.2, 0.25) is 0 Å². The van der Waals surface area contributed by atoms with Crippen LogP contribution in [0.1, 0.15) is 23.4 Å². The molecule has 2 amide bonds. The van der Waals surface area contributed by atoms with Crippen molar-refractivity contribution in [3.63, 3.8) is 0 Å². The molecule has 0 spiro atoms. The van der Waals surface area contributed by atoms with Gasteiger partial charge in [0.05, 0.1) is 41.8 Å². The summed E-state index contributed by atoms with van der Waals surface area (Å²) in [5.74, 6) is -0.372. The third kappa shape index (κ3) is 2.80. The van der Waals surface area contributed by atoms with Gasteiger partial charge in [0.1, 0.15) is 5.75 Å². The second kappa shape index (κ2) is 7.15. The fourth-order valence-corrected chi connectivity index (χ4v) is 5.37. The molecule has 9 nitrogen and oxygen atoms in total. The lowest BCUT2D eigenvalue weighted by Crippen LogP contribution is -2.28. The minimum absolute atomic E-state index is 0.0603. The van der Waals surface area contributed by atoms with Gasteiger partial charge in [-0.1, -0.05) is 12.2 Å². The average Bonchev–Trinajstić information content (AvgIpc) is 3.51. The molecular weight excluding hydrogens is 412 g/mol. The Hall–Kier alpha value is -3.75. The van der Waals surface area contributed by atoms with Crippen LogP contribution in [0.15, 0.2) is 41.5 Å². The van der Waals surface area contributed by atoms with Gasteiger partial charge in [-0.05, 0) is 44.2 Å². The minimum Gasteiger partial charge on any atom is -0.494 e. The number of ether oxygens (including phenoxy) is 1. The molecule has 32 heavy (non-hydrogen) atoms. The van der Waals surface area contributed by atoms with Gasteiger partial charge in [0.25, 0.3) is 17.5 Å². The molecule has 1 aromatic heterocycles. The molecular formula is C23H22N4O5. The van der Waals surface area contributed by atoms with Gasteiger partial charge in [0.2, 0.25) is 0 Å². The number of nitro groups is 1. The Kier molecular flexibility index (Phi) is 4.51. The number of rotatable bonds is 5. The molecule has 0 N–H and O–H groups in total. The second-order valence-corrected chi connectivity index (χ2v) is 8.51. The van der Waals surface area contributed by atoms with Crippen molar-refractivity contribution in [1.29, 1.82) is 0 Å². The fourth-order valence-electron chi connectivity index (χ4n) is 5.37. The summed E-state index contributed by atoms with van der Waals surface area (Å²) in [6.45, 7) is 3.77. The van der Waals surface area contributed by atoms with E-state index >= 15 is 0 Å². The molecule has 9 heteroatoms. The van der Waals surface area contributed by atoms with Gasteiger partial charge in [0, 0.05) is 23.0 Å². The first-order valence-corrected chi connectivity index (χ1v) is 10.4. The smallest absolute Gasteiger partial charge is 0.273 e. The van der Waals surface area contributed by atoms with Crippen LogP contribution in [0.25, 0.3) is 5.69 Å². The molecule has 4 atom stereocenters. The van der Waals surface area contributed by atoms with Crippen molar-refractivity contribution in [3.05, 3.63) is 63.5 Å². The number of allylic oxidation sites excluding steroid dienone is 2. The molecule has 0 radical (unpaired) electrons. The predicted molar refractivity (Wildman–Crippen MR) is 116 cm³/mol. The number of hydrogen-bond acceptors (Lipinski definition) is 6. The Morgan fingerprint density at radius 3 is 2.38 bits per heavy atom. The zero-order valence-electron chi connectivity index (χ0n) is 17.9. The number of imide groups is 1. The summed E-state index contributed by atoms with van der Waals surface area (Å²) in [6.07, 6.45) is 6.51. The lowest BCUT2D eigenvalue weighted by atomic mass is 9.85. The number of hydrazone groups is 1. The monoisotopic (exact) mass is 434 g/mol. The maximum atomic E-state index is 12.8. The van der Waals surface area contributed by atoms with Gasteiger partial charge in [0.15, 0.2) is 0 Å². The van der Waals surface area contributed by atoms with E-state index in [9.17, 15) is 19.7 Å². The normalized spacial score (nSPS) is 25.9. The zero-order valence-corrected chi connectivity index (χ0v) is 17.9. The van der Waals surface area contributed by atoms with E-state index in [0.29, 0.717) is 11.4 Å². The summed E-state index contributed by atoms with van der Waals surface area (Å²) in [7, 11) is 1.46. The van der Waals surface area contributed by atoms with Crippen molar-refractivity contribution in [2.45, 2.75) is 20.3 Å². The van der Waals surface area contributed by atoms with Crippen LogP contribution in [0.5, 0.6) is 5.75 Å². The number of nitro benzene ring substituents is 1. The zero-order chi connectivity index (χ0) is 22.7. The summed E-state index contributed by atoms with van der Waals surface area (Å²) in [6, 6.07) is 6.32. The third-order valence-electron chi connectivity index (χ3n) is 6.84. The molecule has 2 aliphatic carbocycles. The maximum absolute atomic E-state index is 12.8. The first-order valence-electron chi connectivity index (χ1n) is 10.4. The van der Waals surface area contributed by atoms with Gasteiger partial charge >= 0.3 is 0 Å². The number of aromatic nitrogens is 1. The highest BCUT2D eigenvalue weighted by atomic mass is 16.6. The number of non-ortho nitro benzene ring substituents is 1. The third-order valence-corrected chi connectivity index (χ3v) is 6.84. The summed E-state index contributed by atoms with van der Waals surface area (Å²) in [5, 5.41) is 16.4. The van der Waals surface area contributed by atoms with Crippen LogP contribution < -0.4 is 4.74 Å². The van der Waals surface area contributed by atoms with Gasteiger partial charge in [-0.15, -0.1) is 0 Å². The standard InChI is InChI=1S/C23H22N4O5/c1-12-8-16(13(2)25(12)18-7-6-17(27(30)31)10-19(18)32-3)11-24-26-22(28)20-14-4-5-15(9-14)21(20)23(26)29/h4-8,10-11,14-15,20-21H,9H2,1-3H3/t14-,15-,20-,21+/m0/s1. The molecule has 2 heterocycles. The SMILES string of the molecule is COc1cc([N+](=O)[O-])ccc1-n1c(C)cc(C=NN2C(=O)[C@@H]3[C@H](C2=O)[C@H]2C=C[C@H]3C2)c1C. The molecule has 164 valence electrons. The number of carbonyl (C=O) groups excluding carboxylic acids is 2. The van der Waals surface area contributed by atoms with Crippen LogP contribution in [-0.4, -0.2) is 39.6 Å². The van der Waals surface area contributed by atoms with Crippen molar-refractivity contribution in [2.75, 3.05) is 7.11 Å². The van der Waals surface area contributed by atoms with Crippen LogP contribution in [-0.2, 0) is 9.59 Å². The second-order valence-electron chi connectivity index (χ2n) is 8.51. The highest BCUT2D eigenvalue weighted by molar-refractivity contribution is 6.06. The maximum Gasteiger partial charge on any atom is 0.273 e. The van der Waals surface area contributed by atoms with Gasteiger partial charge in [-0.25, -0.2) is 0 Å². The molecule has 0 unspecified atom stereocenters. The summed E-state index contributed by atoms with van der Waals surface area (Å²) >= 11 is 0.